The van der Waals surface area contributed by atoms with Gasteiger partial charge in [-0.05, 0) is 18.4 Å². The van der Waals surface area contributed by atoms with Gasteiger partial charge in [-0.15, -0.1) is 0 Å². The van der Waals surface area contributed by atoms with E-state index in [0.717, 1.165) is 0 Å². The van der Waals surface area contributed by atoms with Gasteiger partial charge in [0, 0.05) is 0 Å². The summed E-state index contributed by atoms with van der Waals surface area (Å²) in [7, 11) is -5.00. The van der Waals surface area contributed by atoms with Crippen LogP contribution in [0.2, 0.25) is 0 Å². The normalized spacial score (nSPS) is 11.6. The van der Waals surface area contributed by atoms with Crippen LogP contribution in [0.5, 0.6) is 0 Å². The van der Waals surface area contributed by atoms with Crippen LogP contribution in [-0.4, -0.2) is 115 Å². The molecule has 0 aliphatic carbocycles. The third-order valence-electron chi connectivity index (χ3n) is 1.31. The van der Waals surface area contributed by atoms with Crippen molar-refractivity contribution in [3.63, 3.8) is 0 Å². The van der Waals surface area contributed by atoms with E-state index in [9.17, 15) is 14.2 Å². The summed E-state index contributed by atoms with van der Waals surface area (Å²) in [6.07, 6.45) is 0.321. The number of phosphoric acid groups is 1. The van der Waals surface area contributed by atoms with Crippen molar-refractivity contribution in [3.05, 3.63) is 0 Å². The molecule has 18 heavy (non-hydrogen) atoms. The number of esters is 1. The molecule has 8 nitrogen and oxygen atoms in total. The van der Waals surface area contributed by atoms with Gasteiger partial charge in [-0.1, -0.05) is 0 Å². The number of thioether (sulfide) groups is 1. The third-order valence-corrected chi connectivity index (χ3v) is 2.34. The Labute approximate surface area is 168 Å². The molecule has 0 amide bonds. The number of carbonyl (C=O) groups is 2. The molecule has 0 aliphatic rings. The van der Waals surface area contributed by atoms with Gasteiger partial charge in [-0.25, -0.2) is 14.2 Å². The van der Waals surface area contributed by atoms with Crippen LogP contribution in [-0.2, 0) is 18.6 Å². The van der Waals surface area contributed by atoms with Gasteiger partial charge in [0.2, 0.25) is 0 Å². The summed E-state index contributed by atoms with van der Waals surface area (Å²) in [6, 6.07) is -1.03. The predicted octanol–water partition coefficient (Wildman–Crippen LogP) is -1.99. The van der Waals surface area contributed by atoms with Crippen molar-refractivity contribution >= 4 is 107 Å². The van der Waals surface area contributed by atoms with E-state index < -0.39 is 26.0 Å². The van der Waals surface area contributed by atoms with E-state index >= 15 is 0 Å². The number of ether oxygens (including phenoxy) is 1. The molecule has 0 unspecified atom stereocenters. The first-order valence-corrected chi connectivity index (χ1v) is 6.94. The molecule has 102 valence electrons. The summed E-state index contributed by atoms with van der Waals surface area (Å²) < 4.78 is 17.6. The molecule has 0 rings (SSSR count). The second-order valence-corrected chi connectivity index (χ2v) is 4.79. The fourth-order valence-electron chi connectivity index (χ4n) is 0.636. The molecule has 0 spiro atoms. The van der Waals surface area contributed by atoms with E-state index in [2.05, 4.69) is 9.26 Å². The Balaban J connectivity index is -0.00000112. The summed E-state index contributed by atoms with van der Waals surface area (Å²) in [5.41, 5.74) is 5.33. The fraction of sp³-hybridized carbons (Fsp3) is 0.667. The van der Waals surface area contributed by atoms with Crippen molar-refractivity contribution in [2.75, 3.05) is 12.0 Å². The molecular formula is C6H16Ca2NO7PS. The van der Waals surface area contributed by atoms with Crippen molar-refractivity contribution in [2.45, 2.75) is 12.5 Å². The van der Waals surface area contributed by atoms with Crippen molar-refractivity contribution in [1.82, 2.24) is 0 Å². The molecule has 0 aromatic rings. The Hall–Kier alpha value is 1.92. The van der Waals surface area contributed by atoms with Gasteiger partial charge in [-0.2, -0.15) is 11.8 Å². The Kier molecular flexibility index (Phi) is 17.5. The van der Waals surface area contributed by atoms with Gasteiger partial charge in [0.1, 0.15) is 6.04 Å². The number of carbonyl (C=O) groups excluding carboxylic acids is 2. The zero-order valence-corrected chi connectivity index (χ0v) is 10.1. The van der Waals surface area contributed by atoms with Crippen LogP contribution in [0, 0.1) is 0 Å². The van der Waals surface area contributed by atoms with Gasteiger partial charge in [-0.3, -0.25) is 9.79 Å². The maximum absolute atomic E-state index is 11.0. The monoisotopic (exact) mass is 357 g/mol. The summed E-state index contributed by atoms with van der Waals surface area (Å²) in [6.45, 7) is 0. The van der Waals surface area contributed by atoms with Gasteiger partial charge in [0.15, 0.2) is 0 Å². The number of rotatable bonds is 5. The molecule has 0 heterocycles. The zero-order valence-electron chi connectivity index (χ0n) is 8.36. The first kappa shape index (κ1) is 24.9. The van der Waals surface area contributed by atoms with E-state index in [1.54, 1.807) is 6.26 Å². The molecule has 4 N–H and O–H groups in total. The van der Waals surface area contributed by atoms with Crippen LogP contribution in [0.1, 0.15) is 6.42 Å². The summed E-state index contributed by atoms with van der Waals surface area (Å²) >= 11 is 1.45. The van der Waals surface area contributed by atoms with E-state index in [4.69, 9.17) is 15.5 Å². The first-order valence-electron chi connectivity index (χ1n) is 4.01. The van der Waals surface area contributed by atoms with Crippen molar-refractivity contribution in [3.8, 4) is 0 Å². The molecule has 0 aromatic carbocycles. The molecule has 0 saturated heterocycles. The van der Waals surface area contributed by atoms with E-state index in [-0.39, 0.29) is 81.9 Å². The molecule has 1 atom stereocenters. The number of nitrogens with two attached hydrogens (primary N) is 1. The number of phosphoric ester groups is 1. The second kappa shape index (κ2) is 12.6. The molecule has 0 bridgehead atoms. The van der Waals surface area contributed by atoms with Gasteiger partial charge >= 0.3 is 95.4 Å². The molecule has 0 saturated carbocycles. The second-order valence-electron chi connectivity index (χ2n) is 2.64. The predicted molar refractivity (Wildman–Crippen MR) is 72.7 cm³/mol. The Bertz CT molecular complexity index is 312. The summed E-state index contributed by atoms with van der Waals surface area (Å²) in [5, 5.41) is 0. The first-order chi connectivity index (χ1) is 7.26. The SMILES string of the molecule is CSCC[C@H](N)C(=O)OC(=O)OP(=O)(O)O.[CaH2].[CaH2]. The average Bonchev–Trinajstić information content (AvgIpc) is 2.10. The summed E-state index contributed by atoms with van der Waals surface area (Å²) in [5.74, 6) is -0.503. The van der Waals surface area contributed by atoms with Crippen LogP contribution in [0.4, 0.5) is 4.79 Å². The van der Waals surface area contributed by atoms with Crippen LogP contribution in [0.15, 0.2) is 0 Å². The standard InChI is InChI=1S/C6H12NO7PS.2Ca.4H/c1-16-3-2-4(7)5(8)13-6(9)14-15(10,11)12;;;;;;/h4H,2-3,7H2,1H3,(H2,10,11,12);;;;;;/t4-;;;;;;/m0....../s1. The van der Waals surface area contributed by atoms with E-state index in [1.165, 1.54) is 11.8 Å². The molecule has 0 fully saturated rings. The fourth-order valence-corrected chi connectivity index (χ4v) is 1.36. The Morgan fingerprint density at radius 1 is 1.39 bits per heavy atom. The molecule has 12 heteroatoms. The van der Waals surface area contributed by atoms with Crippen molar-refractivity contribution < 1.29 is 33.2 Å². The topological polar surface area (TPSA) is 136 Å². The third kappa shape index (κ3) is 14.3. The number of hydrogen-bond donors (Lipinski definition) is 3. The Morgan fingerprint density at radius 2 is 1.89 bits per heavy atom. The molecule has 0 aliphatic heterocycles. The number of hydrogen-bond acceptors (Lipinski definition) is 7. The minimum atomic E-state index is -5.00. The minimum absolute atomic E-state index is 0. The maximum atomic E-state index is 11.0. The molecule has 0 radical (unpaired) electrons. The van der Waals surface area contributed by atoms with Crippen molar-refractivity contribution in [2.24, 2.45) is 5.73 Å². The van der Waals surface area contributed by atoms with Crippen LogP contribution >= 0.6 is 19.6 Å². The van der Waals surface area contributed by atoms with E-state index in [1.807, 2.05) is 0 Å². The van der Waals surface area contributed by atoms with Crippen LogP contribution in [0.25, 0.3) is 0 Å². The van der Waals surface area contributed by atoms with Crippen LogP contribution in [0.3, 0.4) is 0 Å². The quantitative estimate of drug-likeness (QED) is 0.221. The average molecular weight is 357 g/mol. The van der Waals surface area contributed by atoms with Gasteiger partial charge < -0.3 is 15.0 Å². The van der Waals surface area contributed by atoms with E-state index in [0.29, 0.717) is 5.75 Å². The van der Waals surface area contributed by atoms with Gasteiger partial charge in [0.25, 0.3) is 0 Å². The van der Waals surface area contributed by atoms with Crippen LogP contribution < -0.4 is 5.73 Å². The zero-order chi connectivity index (χ0) is 12.8. The molecule has 0 aromatic heterocycles. The van der Waals surface area contributed by atoms with Crippen molar-refractivity contribution in [1.29, 1.82) is 0 Å². The van der Waals surface area contributed by atoms with Gasteiger partial charge in [0.05, 0.1) is 0 Å². The summed E-state index contributed by atoms with van der Waals surface area (Å²) in [4.78, 5) is 38.1. The molecular weight excluding hydrogens is 341 g/mol. The Morgan fingerprint density at radius 3 is 2.28 bits per heavy atom.